The smallest absolute Gasteiger partial charge is 0.278 e. The highest BCUT2D eigenvalue weighted by molar-refractivity contribution is 5.94. The van der Waals surface area contributed by atoms with E-state index in [1.807, 2.05) is 0 Å². The minimum Gasteiger partial charge on any atom is -0.393 e. The van der Waals surface area contributed by atoms with Crippen LogP contribution in [-0.4, -0.2) is 58.4 Å². The topological polar surface area (TPSA) is 148 Å². The summed E-state index contributed by atoms with van der Waals surface area (Å²) in [6.07, 6.45) is 0.0565. The third-order valence-electron chi connectivity index (χ3n) is 4.00. The SMILES string of the molecule is CNC(=O)[C@@H](NC(=O)[C@H](CC(C)C)[C@](O)(CO)C(=O)NO)C(C)(C)C. The lowest BCUT2D eigenvalue weighted by atomic mass is 9.79. The maximum atomic E-state index is 12.8. The second kappa shape index (κ2) is 9.12. The predicted molar refractivity (Wildman–Crippen MR) is 90.4 cm³/mol. The molecule has 6 N–H and O–H groups in total. The molecule has 0 aliphatic rings. The molecule has 3 amide bonds. The van der Waals surface area contributed by atoms with Crippen molar-refractivity contribution in [3.63, 3.8) is 0 Å². The minimum absolute atomic E-state index is 0.0565. The summed E-state index contributed by atoms with van der Waals surface area (Å²) in [5.41, 5.74) is -1.88. The van der Waals surface area contributed by atoms with Crippen LogP contribution in [0, 0.1) is 17.3 Å². The van der Waals surface area contributed by atoms with Crippen molar-refractivity contribution in [2.24, 2.45) is 17.3 Å². The van der Waals surface area contributed by atoms with Crippen LogP contribution in [0.5, 0.6) is 0 Å². The Hall–Kier alpha value is -1.71. The van der Waals surface area contributed by atoms with Gasteiger partial charge in [0.2, 0.25) is 11.8 Å². The van der Waals surface area contributed by atoms with Crippen molar-refractivity contribution >= 4 is 17.7 Å². The second-order valence-electron chi connectivity index (χ2n) is 7.63. The molecule has 0 aromatic carbocycles. The van der Waals surface area contributed by atoms with E-state index in [4.69, 9.17) is 5.21 Å². The van der Waals surface area contributed by atoms with Gasteiger partial charge in [0.15, 0.2) is 5.60 Å². The van der Waals surface area contributed by atoms with E-state index in [1.165, 1.54) is 12.5 Å². The number of aliphatic hydroxyl groups is 2. The van der Waals surface area contributed by atoms with E-state index in [2.05, 4.69) is 10.6 Å². The quantitative estimate of drug-likeness (QED) is 0.245. The van der Waals surface area contributed by atoms with E-state index in [9.17, 15) is 24.6 Å². The number of carbonyl (C=O) groups excluding carboxylic acids is 3. The highest BCUT2D eigenvalue weighted by atomic mass is 16.5. The third-order valence-corrected chi connectivity index (χ3v) is 4.00. The molecule has 9 nitrogen and oxygen atoms in total. The Kier molecular flexibility index (Phi) is 8.49. The number of hydrogen-bond donors (Lipinski definition) is 6. The summed E-state index contributed by atoms with van der Waals surface area (Å²) in [7, 11) is 1.43. The first kappa shape index (κ1) is 23.3. The normalized spacial score (nSPS) is 16.6. The zero-order chi connectivity index (χ0) is 20.0. The summed E-state index contributed by atoms with van der Waals surface area (Å²) in [6, 6.07) is -0.917. The summed E-state index contributed by atoms with van der Waals surface area (Å²) < 4.78 is 0. The largest absolute Gasteiger partial charge is 0.393 e. The van der Waals surface area contributed by atoms with Crippen LogP contribution in [-0.2, 0) is 14.4 Å². The molecule has 25 heavy (non-hydrogen) atoms. The number of aliphatic hydroxyl groups excluding tert-OH is 1. The first-order valence-corrected chi connectivity index (χ1v) is 8.14. The maximum Gasteiger partial charge on any atom is 0.278 e. The Morgan fingerprint density at radius 2 is 1.60 bits per heavy atom. The highest BCUT2D eigenvalue weighted by Gasteiger charge is 2.48. The Balaban J connectivity index is 5.77. The summed E-state index contributed by atoms with van der Waals surface area (Å²) in [5, 5.41) is 33.8. The molecule has 0 bridgehead atoms. The molecule has 0 rings (SSSR count). The first-order valence-electron chi connectivity index (χ1n) is 8.14. The van der Waals surface area contributed by atoms with Crippen LogP contribution >= 0.6 is 0 Å². The van der Waals surface area contributed by atoms with Gasteiger partial charge in [-0.25, -0.2) is 5.48 Å². The van der Waals surface area contributed by atoms with Crippen molar-refractivity contribution in [2.45, 2.75) is 52.7 Å². The van der Waals surface area contributed by atoms with Gasteiger partial charge in [-0.15, -0.1) is 0 Å². The zero-order valence-corrected chi connectivity index (χ0v) is 15.7. The van der Waals surface area contributed by atoms with E-state index in [0.29, 0.717) is 0 Å². The molecule has 3 atom stereocenters. The first-order chi connectivity index (χ1) is 11.3. The van der Waals surface area contributed by atoms with Crippen molar-refractivity contribution < 1.29 is 29.8 Å². The van der Waals surface area contributed by atoms with Gasteiger partial charge in [0.05, 0.1) is 12.5 Å². The fourth-order valence-electron chi connectivity index (χ4n) is 2.49. The van der Waals surface area contributed by atoms with Crippen LogP contribution in [0.1, 0.15) is 41.0 Å². The minimum atomic E-state index is -2.52. The number of carbonyl (C=O) groups is 3. The molecule has 0 fully saturated rings. The van der Waals surface area contributed by atoms with Crippen molar-refractivity contribution in [3.8, 4) is 0 Å². The maximum absolute atomic E-state index is 12.8. The third kappa shape index (κ3) is 5.94. The van der Waals surface area contributed by atoms with Crippen LogP contribution in [0.2, 0.25) is 0 Å². The van der Waals surface area contributed by atoms with E-state index in [0.717, 1.165) is 0 Å². The van der Waals surface area contributed by atoms with Crippen LogP contribution in [0.3, 0.4) is 0 Å². The number of amides is 3. The number of hydroxylamine groups is 1. The lowest BCUT2D eigenvalue weighted by molar-refractivity contribution is -0.167. The molecule has 0 heterocycles. The van der Waals surface area contributed by atoms with E-state index < -0.39 is 47.3 Å². The van der Waals surface area contributed by atoms with Gasteiger partial charge in [-0.05, 0) is 17.8 Å². The Morgan fingerprint density at radius 3 is 1.92 bits per heavy atom. The number of nitrogens with one attached hydrogen (secondary N) is 3. The molecule has 0 radical (unpaired) electrons. The van der Waals surface area contributed by atoms with Gasteiger partial charge in [0, 0.05) is 7.05 Å². The molecule has 0 aromatic rings. The Bertz CT molecular complexity index is 489. The van der Waals surface area contributed by atoms with Gasteiger partial charge in [0.1, 0.15) is 6.04 Å². The van der Waals surface area contributed by atoms with Crippen LogP contribution in [0.25, 0.3) is 0 Å². The van der Waals surface area contributed by atoms with Gasteiger partial charge in [0.25, 0.3) is 5.91 Å². The molecular weight excluding hydrogens is 330 g/mol. The average molecular weight is 361 g/mol. The average Bonchev–Trinajstić information content (AvgIpc) is 2.53. The number of likely N-dealkylation sites (N-methyl/N-ethyl adjacent to an activating group) is 1. The van der Waals surface area contributed by atoms with Crippen molar-refractivity contribution in [2.75, 3.05) is 13.7 Å². The van der Waals surface area contributed by atoms with Crippen molar-refractivity contribution in [3.05, 3.63) is 0 Å². The molecule has 146 valence electrons. The lowest BCUT2D eigenvalue weighted by Crippen LogP contribution is -2.61. The second-order valence-corrected chi connectivity index (χ2v) is 7.63. The molecule has 0 aliphatic carbocycles. The summed E-state index contributed by atoms with van der Waals surface area (Å²) in [6.45, 7) is 7.74. The van der Waals surface area contributed by atoms with E-state index in [1.54, 1.807) is 34.6 Å². The Morgan fingerprint density at radius 1 is 1.08 bits per heavy atom. The van der Waals surface area contributed by atoms with Crippen LogP contribution < -0.4 is 16.1 Å². The molecular formula is C16H31N3O6. The fraction of sp³-hybridized carbons (Fsp3) is 0.812. The van der Waals surface area contributed by atoms with Gasteiger partial charge in [-0.1, -0.05) is 34.6 Å². The standard InChI is InChI=1S/C16H31N3O6/c1-9(2)7-10(16(24,8-20)14(23)19-25)12(21)18-11(13(22)17-6)15(3,4)5/h9-11,20,24-25H,7-8H2,1-6H3,(H,17,22)(H,18,21)(H,19,23)/t10-,11+,16+/m0/s1. The van der Waals surface area contributed by atoms with Gasteiger partial charge < -0.3 is 20.8 Å². The monoisotopic (exact) mass is 361 g/mol. The highest BCUT2D eigenvalue weighted by Crippen LogP contribution is 2.27. The summed E-state index contributed by atoms with van der Waals surface area (Å²) >= 11 is 0. The van der Waals surface area contributed by atoms with E-state index in [-0.39, 0.29) is 12.3 Å². The molecule has 9 heteroatoms. The molecule has 0 aromatic heterocycles. The lowest BCUT2D eigenvalue weighted by Gasteiger charge is -2.36. The summed E-state index contributed by atoms with van der Waals surface area (Å²) in [4.78, 5) is 36.7. The van der Waals surface area contributed by atoms with Gasteiger partial charge in [-0.2, -0.15) is 0 Å². The number of hydrogen-bond acceptors (Lipinski definition) is 6. The van der Waals surface area contributed by atoms with Crippen molar-refractivity contribution in [1.82, 2.24) is 16.1 Å². The van der Waals surface area contributed by atoms with E-state index >= 15 is 0 Å². The van der Waals surface area contributed by atoms with Crippen LogP contribution in [0.15, 0.2) is 0 Å². The summed E-state index contributed by atoms with van der Waals surface area (Å²) in [5.74, 6) is -3.95. The number of rotatable bonds is 8. The molecule has 0 spiro atoms. The van der Waals surface area contributed by atoms with Gasteiger partial charge in [-0.3, -0.25) is 19.6 Å². The molecule has 0 unspecified atom stereocenters. The molecule has 0 aliphatic heterocycles. The molecule has 0 saturated heterocycles. The van der Waals surface area contributed by atoms with Crippen molar-refractivity contribution in [1.29, 1.82) is 0 Å². The Labute approximate surface area is 148 Å². The van der Waals surface area contributed by atoms with Crippen LogP contribution in [0.4, 0.5) is 0 Å². The zero-order valence-electron chi connectivity index (χ0n) is 15.7. The predicted octanol–water partition coefficient (Wildman–Crippen LogP) is -0.846. The van der Waals surface area contributed by atoms with Gasteiger partial charge >= 0.3 is 0 Å². The fourth-order valence-corrected chi connectivity index (χ4v) is 2.49. The molecule has 0 saturated carbocycles.